The zero-order chi connectivity index (χ0) is 25.8. The largest absolute Gasteiger partial charge is 0.313 e. The van der Waals surface area contributed by atoms with Gasteiger partial charge in [0, 0.05) is 0 Å². The molecule has 4 aromatic rings. The maximum atomic E-state index is 13.8. The lowest BCUT2D eigenvalue weighted by atomic mass is 9.95. The van der Waals surface area contributed by atoms with Crippen molar-refractivity contribution in [1.82, 2.24) is 4.57 Å². The second-order valence-corrected chi connectivity index (χ2v) is 10.6. The van der Waals surface area contributed by atoms with Crippen LogP contribution in [0.2, 0.25) is 15.2 Å². The summed E-state index contributed by atoms with van der Waals surface area (Å²) in [4.78, 5) is 47.7. The van der Waals surface area contributed by atoms with Crippen molar-refractivity contribution in [2.24, 2.45) is 5.92 Å². The zero-order valence-electron chi connectivity index (χ0n) is 18.8. The van der Waals surface area contributed by atoms with E-state index in [-0.39, 0.29) is 20.7 Å². The average molecular weight is 573 g/mol. The lowest BCUT2D eigenvalue weighted by Crippen LogP contribution is -2.37. The van der Waals surface area contributed by atoms with Crippen LogP contribution in [0.4, 0.5) is 11.4 Å². The number of nitrogens with zero attached hydrogens (tertiary/aromatic N) is 3. The van der Waals surface area contributed by atoms with Gasteiger partial charge < -0.3 is 0 Å². The van der Waals surface area contributed by atoms with E-state index in [2.05, 4.69) is 0 Å². The van der Waals surface area contributed by atoms with Gasteiger partial charge in [0.05, 0.1) is 32.0 Å². The van der Waals surface area contributed by atoms with Gasteiger partial charge in [-0.15, -0.1) is 0 Å². The number of benzene rings is 3. The van der Waals surface area contributed by atoms with Gasteiger partial charge in [0.2, 0.25) is 5.91 Å². The van der Waals surface area contributed by atoms with E-state index in [1.54, 1.807) is 42.5 Å². The van der Waals surface area contributed by atoms with Crippen LogP contribution in [-0.4, -0.2) is 22.5 Å². The quantitative estimate of drug-likeness (QED) is 0.284. The fraction of sp³-hybridized carbons (Fsp3) is 0.115. The van der Waals surface area contributed by atoms with Crippen molar-refractivity contribution in [1.29, 1.82) is 0 Å². The van der Waals surface area contributed by atoms with Crippen molar-refractivity contribution in [3.05, 3.63) is 109 Å². The highest BCUT2D eigenvalue weighted by Gasteiger charge is 2.61. The molecule has 2 amide bonds. The number of hydrogen-bond donors (Lipinski definition) is 0. The number of halogens is 3. The highest BCUT2D eigenvalue weighted by molar-refractivity contribution is 7.10. The molecule has 2 aliphatic rings. The minimum atomic E-state index is -1.12. The van der Waals surface area contributed by atoms with Crippen molar-refractivity contribution < 1.29 is 14.4 Å². The Morgan fingerprint density at radius 2 is 1.38 bits per heavy atom. The fourth-order valence-corrected chi connectivity index (χ4v) is 6.47. The van der Waals surface area contributed by atoms with E-state index in [1.807, 2.05) is 24.3 Å². The van der Waals surface area contributed by atoms with Crippen molar-refractivity contribution in [3.8, 4) is 5.69 Å². The van der Waals surface area contributed by atoms with E-state index < -0.39 is 29.9 Å². The Hall–Kier alpha value is -3.14. The number of carbonyl (C=O) groups is 2. The summed E-state index contributed by atoms with van der Waals surface area (Å²) in [7, 11) is 0. The van der Waals surface area contributed by atoms with Crippen LogP contribution in [0.1, 0.15) is 10.9 Å². The molecular formula is C26H16Cl3N3O4S. The van der Waals surface area contributed by atoms with Gasteiger partial charge in [-0.1, -0.05) is 82.5 Å². The number of thiazole rings is 1. The number of amides is 2. The molecule has 3 aromatic carbocycles. The molecule has 0 saturated carbocycles. The molecular weight excluding hydrogens is 557 g/mol. The molecule has 0 N–H and O–H groups in total. The maximum absolute atomic E-state index is 13.8. The smallest absolute Gasteiger partial charge is 0.273 e. The SMILES string of the molecule is O=C1[C@H]2[C@H](ON(c3ccccc3)[C@H]2c2sc(=O)n(-c3ccccc3)c2Cl)C(=O)N1c1ccc(Cl)c(Cl)c1. The van der Waals surface area contributed by atoms with Crippen LogP contribution in [-0.2, 0) is 14.4 Å². The van der Waals surface area contributed by atoms with Gasteiger partial charge in [-0.25, -0.2) is 9.96 Å². The van der Waals surface area contributed by atoms with Crippen molar-refractivity contribution in [2.75, 3.05) is 9.96 Å². The first-order chi connectivity index (χ1) is 17.9. The second kappa shape index (κ2) is 9.31. The van der Waals surface area contributed by atoms with Gasteiger partial charge in [0.1, 0.15) is 17.1 Å². The third-order valence-electron chi connectivity index (χ3n) is 6.35. The number of carbonyl (C=O) groups excluding carboxylic acids is 2. The van der Waals surface area contributed by atoms with E-state index in [1.165, 1.54) is 21.8 Å². The standard InChI is InChI=1S/C26H16Cl3N3O4S/c27-17-12-11-16(13-18(17)28)31-24(33)19-20(32(36-21(19)25(31)34)15-9-5-2-6-10-15)22-23(29)30(26(35)37-22)14-7-3-1-4-8-14/h1-13,19-21H/t19-,20-,21+/m1/s1. The van der Waals surface area contributed by atoms with Gasteiger partial charge in [-0.3, -0.25) is 23.8 Å². The van der Waals surface area contributed by atoms with Gasteiger partial charge in [0.15, 0.2) is 6.10 Å². The molecule has 6 rings (SSSR count). The molecule has 7 nitrogen and oxygen atoms in total. The predicted octanol–water partition coefficient (Wildman–Crippen LogP) is 5.91. The first-order valence-electron chi connectivity index (χ1n) is 11.2. The Bertz CT molecular complexity index is 1590. The van der Waals surface area contributed by atoms with Crippen LogP contribution in [0.15, 0.2) is 83.7 Å². The fourth-order valence-electron chi connectivity index (χ4n) is 4.71. The molecule has 0 spiro atoms. The Morgan fingerprint density at radius 3 is 2.03 bits per heavy atom. The summed E-state index contributed by atoms with van der Waals surface area (Å²) in [6, 6.07) is 21.7. The van der Waals surface area contributed by atoms with Crippen LogP contribution in [0.3, 0.4) is 0 Å². The van der Waals surface area contributed by atoms with Crippen LogP contribution in [0, 0.1) is 5.92 Å². The van der Waals surface area contributed by atoms with E-state index in [4.69, 9.17) is 39.6 Å². The monoisotopic (exact) mass is 571 g/mol. The molecule has 11 heteroatoms. The van der Waals surface area contributed by atoms with Gasteiger partial charge in [-0.05, 0) is 42.5 Å². The molecule has 0 aliphatic carbocycles. The Morgan fingerprint density at radius 1 is 0.730 bits per heavy atom. The van der Waals surface area contributed by atoms with E-state index in [0.29, 0.717) is 21.3 Å². The number of hydroxylamine groups is 1. The number of aromatic nitrogens is 1. The molecule has 1 aromatic heterocycles. The van der Waals surface area contributed by atoms with Crippen molar-refractivity contribution >= 4 is 69.3 Å². The molecule has 2 fully saturated rings. The zero-order valence-corrected chi connectivity index (χ0v) is 21.8. The number of imide groups is 1. The molecule has 37 heavy (non-hydrogen) atoms. The molecule has 3 heterocycles. The molecule has 0 bridgehead atoms. The minimum absolute atomic E-state index is 0.157. The maximum Gasteiger partial charge on any atom is 0.313 e. The average Bonchev–Trinajstić information content (AvgIpc) is 3.51. The molecule has 0 radical (unpaired) electrons. The Kier molecular flexibility index (Phi) is 6.09. The van der Waals surface area contributed by atoms with Gasteiger partial charge >= 0.3 is 4.87 Å². The third kappa shape index (κ3) is 3.88. The first kappa shape index (κ1) is 24.2. The van der Waals surface area contributed by atoms with Crippen LogP contribution in [0.5, 0.6) is 0 Å². The topological polar surface area (TPSA) is 71.8 Å². The molecule has 2 saturated heterocycles. The van der Waals surface area contributed by atoms with Gasteiger partial charge in [-0.2, -0.15) is 0 Å². The lowest BCUT2D eigenvalue weighted by molar-refractivity contribution is -0.126. The summed E-state index contributed by atoms with van der Waals surface area (Å²) < 4.78 is 1.38. The summed E-state index contributed by atoms with van der Waals surface area (Å²) in [5.74, 6) is -1.98. The molecule has 186 valence electrons. The number of anilines is 2. The Labute approximate surface area is 229 Å². The summed E-state index contributed by atoms with van der Waals surface area (Å²) in [6.07, 6.45) is -1.12. The highest BCUT2D eigenvalue weighted by atomic mass is 35.5. The van der Waals surface area contributed by atoms with Crippen LogP contribution >= 0.6 is 46.1 Å². The minimum Gasteiger partial charge on any atom is -0.273 e. The number of fused-ring (bicyclic) bond motifs is 1. The summed E-state index contributed by atoms with van der Waals surface area (Å²) in [5, 5.41) is 2.17. The lowest BCUT2D eigenvalue weighted by Gasteiger charge is -2.28. The number of rotatable bonds is 4. The van der Waals surface area contributed by atoms with Crippen LogP contribution < -0.4 is 14.8 Å². The van der Waals surface area contributed by atoms with E-state index in [9.17, 15) is 14.4 Å². The van der Waals surface area contributed by atoms with Crippen LogP contribution in [0.25, 0.3) is 5.69 Å². The molecule has 3 atom stereocenters. The molecule has 2 aliphatic heterocycles. The van der Waals surface area contributed by atoms with E-state index in [0.717, 1.165) is 16.2 Å². The highest BCUT2D eigenvalue weighted by Crippen LogP contribution is 2.50. The van der Waals surface area contributed by atoms with Gasteiger partial charge in [0.25, 0.3) is 5.91 Å². The summed E-state index contributed by atoms with van der Waals surface area (Å²) in [5.41, 5.74) is 1.49. The molecule has 0 unspecified atom stereocenters. The number of para-hydroxylation sites is 2. The van der Waals surface area contributed by atoms with Crippen molar-refractivity contribution in [3.63, 3.8) is 0 Å². The van der Waals surface area contributed by atoms with E-state index >= 15 is 0 Å². The summed E-state index contributed by atoms with van der Waals surface area (Å²) >= 11 is 19.9. The predicted molar refractivity (Wildman–Crippen MR) is 144 cm³/mol. The Balaban J connectivity index is 1.49. The van der Waals surface area contributed by atoms with Crippen molar-refractivity contribution in [2.45, 2.75) is 12.1 Å². The first-order valence-corrected chi connectivity index (χ1v) is 13.1. The number of hydrogen-bond acceptors (Lipinski definition) is 6. The third-order valence-corrected chi connectivity index (χ3v) is 8.59. The second-order valence-electron chi connectivity index (χ2n) is 8.46. The normalized spacial score (nSPS) is 21.1. The summed E-state index contributed by atoms with van der Waals surface area (Å²) in [6.45, 7) is 0.